The summed E-state index contributed by atoms with van der Waals surface area (Å²) in [6.07, 6.45) is 7.77. The zero-order chi connectivity index (χ0) is 17.3. The SMILES string of the molecule is CCCCCC#CC#Cc1ncnc2c1ncn2Cc1ccccc1. The molecule has 0 atom stereocenters. The first kappa shape index (κ1) is 16.7. The van der Waals surface area contributed by atoms with E-state index in [1.807, 2.05) is 22.8 Å². The van der Waals surface area contributed by atoms with E-state index in [1.165, 1.54) is 24.7 Å². The first-order valence-electron chi connectivity index (χ1n) is 8.57. The highest BCUT2D eigenvalue weighted by Gasteiger charge is 2.08. The molecule has 4 heteroatoms. The Labute approximate surface area is 148 Å². The fourth-order valence-corrected chi connectivity index (χ4v) is 2.53. The van der Waals surface area contributed by atoms with Gasteiger partial charge in [0, 0.05) is 6.42 Å². The van der Waals surface area contributed by atoms with Crippen molar-refractivity contribution in [3.05, 3.63) is 54.2 Å². The lowest BCUT2D eigenvalue weighted by atomic mass is 10.2. The maximum absolute atomic E-state index is 4.44. The number of aromatic nitrogens is 4. The summed E-state index contributed by atoms with van der Waals surface area (Å²) in [5, 5.41) is 0. The van der Waals surface area contributed by atoms with Crippen molar-refractivity contribution in [3.8, 4) is 23.7 Å². The Kier molecular flexibility index (Phi) is 5.80. The van der Waals surface area contributed by atoms with E-state index in [0.29, 0.717) is 5.69 Å². The van der Waals surface area contributed by atoms with Crippen molar-refractivity contribution in [2.45, 2.75) is 39.2 Å². The smallest absolute Gasteiger partial charge is 0.164 e. The maximum atomic E-state index is 4.44. The molecule has 0 radical (unpaired) electrons. The number of hydrogen-bond donors (Lipinski definition) is 0. The van der Waals surface area contributed by atoms with Gasteiger partial charge in [0.1, 0.15) is 17.5 Å². The minimum Gasteiger partial charge on any atom is -0.311 e. The second-order valence-corrected chi connectivity index (χ2v) is 5.76. The van der Waals surface area contributed by atoms with Crippen molar-refractivity contribution < 1.29 is 0 Å². The minimum absolute atomic E-state index is 0.625. The molecule has 25 heavy (non-hydrogen) atoms. The molecule has 0 fully saturated rings. The predicted molar refractivity (Wildman–Crippen MR) is 99.7 cm³/mol. The molecular weight excluding hydrogens is 308 g/mol. The average Bonchev–Trinajstić information content (AvgIpc) is 3.05. The zero-order valence-electron chi connectivity index (χ0n) is 14.4. The summed E-state index contributed by atoms with van der Waals surface area (Å²) in [5.74, 6) is 11.9. The molecule has 124 valence electrons. The van der Waals surface area contributed by atoms with E-state index in [2.05, 4.69) is 57.7 Å². The highest BCUT2D eigenvalue weighted by molar-refractivity contribution is 5.76. The summed E-state index contributed by atoms with van der Waals surface area (Å²) >= 11 is 0. The molecule has 0 aliphatic rings. The molecule has 0 saturated carbocycles. The summed E-state index contributed by atoms with van der Waals surface area (Å²) in [4.78, 5) is 13.0. The van der Waals surface area contributed by atoms with Crippen molar-refractivity contribution in [1.82, 2.24) is 19.5 Å². The normalized spacial score (nSPS) is 9.96. The average molecular weight is 328 g/mol. The van der Waals surface area contributed by atoms with Gasteiger partial charge in [0.25, 0.3) is 0 Å². The molecule has 0 spiro atoms. The van der Waals surface area contributed by atoms with E-state index >= 15 is 0 Å². The zero-order valence-corrected chi connectivity index (χ0v) is 14.4. The van der Waals surface area contributed by atoms with Gasteiger partial charge >= 0.3 is 0 Å². The Balaban J connectivity index is 1.77. The molecule has 0 amide bonds. The quantitative estimate of drug-likeness (QED) is 0.528. The number of fused-ring (bicyclic) bond motifs is 1. The number of imidazole rings is 1. The van der Waals surface area contributed by atoms with Crippen LogP contribution in [0.25, 0.3) is 11.2 Å². The fraction of sp³-hybridized carbons (Fsp3) is 0.286. The molecule has 3 aromatic rings. The van der Waals surface area contributed by atoms with Crippen LogP contribution in [-0.4, -0.2) is 19.5 Å². The van der Waals surface area contributed by atoms with Crippen LogP contribution in [0.15, 0.2) is 43.0 Å². The van der Waals surface area contributed by atoms with Gasteiger partial charge in [0.15, 0.2) is 5.65 Å². The summed E-state index contributed by atoms with van der Waals surface area (Å²) in [6.45, 7) is 2.91. The molecule has 0 N–H and O–H groups in total. The molecule has 2 aromatic heterocycles. The summed E-state index contributed by atoms with van der Waals surface area (Å²) in [6, 6.07) is 10.2. The Hall–Kier alpha value is -3.11. The topological polar surface area (TPSA) is 43.6 Å². The predicted octanol–water partition coefficient (Wildman–Crippen LogP) is 3.81. The van der Waals surface area contributed by atoms with Crippen LogP contribution in [0, 0.1) is 23.7 Å². The van der Waals surface area contributed by atoms with Crippen LogP contribution in [0.2, 0.25) is 0 Å². The third-order valence-electron chi connectivity index (χ3n) is 3.83. The molecule has 0 bridgehead atoms. The molecule has 3 rings (SSSR count). The van der Waals surface area contributed by atoms with Crippen LogP contribution in [0.3, 0.4) is 0 Å². The van der Waals surface area contributed by atoms with Gasteiger partial charge < -0.3 is 4.57 Å². The van der Waals surface area contributed by atoms with E-state index in [1.54, 1.807) is 6.33 Å². The van der Waals surface area contributed by atoms with Crippen molar-refractivity contribution in [2.75, 3.05) is 0 Å². The lowest BCUT2D eigenvalue weighted by molar-refractivity contribution is 0.737. The first-order chi connectivity index (χ1) is 12.4. The lowest BCUT2D eigenvalue weighted by Crippen LogP contribution is -1.99. The van der Waals surface area contributed by atoms with E-state index in [0.717, 1.165) is 30.6 Å². The third-order valence-corrected chi connectivity index (χ3v) is 3.83. The highest BCUT2D eigenvalue weighted by atomic mass is 15.1. The largest absolute Gasteiger partial charge is 0.311 e. The second kappa shape index (κ2) is 8.66. The molecular formula is C21H20N4. The lowest BCUT2D eigenvalue weighted by Gasteiger charge is -2.03. The van der Waals surface area contributed by atoms with Crippen molar-refractivity contribution in [3.63, 3.8) is 0 Å². The van der Waals surface area contributed by atoms with Crippen LogP contribution in [0.4, 0.5) is 0 Å². The van der Waals surface area contributed by atoms with Crippen molar-refractivity contribution >= 4 is 11.2 Å². The van der Waals surface area contributed by atoms with Crippen LogP contribution in [0.5, 0.6) is 0 Å². The van der Waals surface area contributed by atoms with Crippen LogP contribution >= 0.6 is 0 Å². The van der Waals surface area contributed by atoms with Crippen LogP contribution in [-0.2, 0) is 6.54 Å². The number of rotatable bonds is 5. The Morgan fingerprint density at radius 2 is 1.88 bits per heavy atom. The van der Waals surface area contributed by atoms with Crippen molar-refractivity contribution in [2.24, 2.45) is 0 Å². The van der Waals surface area contributed by atoms with Gasteiger partial charge in [-0.25, -0.2) is 15.0 Å². The molecule has 1 aromatic carbocycles. The first-order valence-corrected chi connectivity index (χ1v) is 8.57. The molecule has 0 aliphatic carbocycles. The Morgan fingerprint density at radius 3 is 2.72 bits per heavy atom. The maximum Gasteiger partial charge on any atom is 0.164 e. The van der Waals surface area contributed by atoms with E-state index < -0.39 is 0 Å². The van der Waals surface area contributed by atoms with Gasteiger partial charge in [-0.3, -0.25) is 0 Å². The van der Waals surface area contributed by atoms with Crippen molar-refractivity contribution in [1.29, 1.82) is 0 Å². The Morgan fingerprint density at radius 1 is 1.00 bits per heavy atom. The number of hydrogen-bond acceptors (Lipinski definition) is 3. The minimum atomic E-state index is 0.625. The van der Waals surface area contributed by atoms with Gasteiger partial charge in [-0.05, 0) is 29.7 Å². The molecule has 0 saturated heterocycles. The third kappa shape index (κ3) is 4.46. The molecule has 0 unspecified atom stereocenters. The van der Waals surface area contributed by atoms with E-state index in [9.17, 15) is 0 Å². The standard InChI is InChI=1S/C21H20N4/c1-2-3-4-5-6-7-11-14-19-20-21(23-16-22-19)25(17-24-20)15-18-12-9-8-10-13-18/h8-10,12-13,16-17H,2-5,15H2,1H3. The monoisotopic (exact) mass is 328 g/mol. The number of benzene rings is 1. The summed E-state index contributed by atoms with van der Waals surface area (Å²) < 4.78 is 2.01. The van der Waals surface area contributed by atoms with Crippen LogP contribution in [0.1, 0.15) is 43.9 Å². The van der Waals surface area contributed by atoms with E-state index in [4.69, 9.17) is 0 Å². The second-order valence-electron chi connectivity index (χ2n) is 5.76. The van der Waals surface area contributed by atoms with Gasteiger partial charge in [0.05, 0.1) is 12.9 Å². The van der Waals surface area contributed by atoms with E-state index in [-0.39, 0.29) is 0 Å². The molecule has 2 heterocycles. The number of unbranched alkanes of at least 4 members (excludes halogenated alkanes) is 3. The molecule has 4 nitrogen and oxygen atoms in total. The number of nitrogens with zero attached hydrogens (tertiary/aromatic N) is 4. The highest BCUT2D eigenvalue weighted by Crippen LogP contribution is 2.14. The van der Waals surface area contributed by atoms with Gasteiger partial charge in [0.2, 0.25) is 0 Å². The summed E-state index contributed by atoms with van der Waals surface area (Å²) in [7, 11) is 0. The van der Waals surface area contributed by atoms with Gasteiger partial charge in [-0.15, -0.1) is 0 Å². The molecule has 0 aliphatic heterocycles. The Bertz CT molecular complexity index is 949. The summed E-state index contributed by atoms with van der Waals surface area (Å²) in [5.41, 5.74) is 3.34. The van der Waals surface area contributed by atoms with Crippen LogP contribution < -0.4 is 0 Å². The van der Waals surface area contributed by atoms with Gasteiger partial charge in [-0.2, -0.15) is 0 Å². The fourth-order valence-electron chi connectivity index (χ4n) is 2.53. The van der Waals surface area contributed by atoms with Gasteiger partial charge in [-0.1, -0.05) is 56.0 Å².